The SMILES string of the molecule is O=C(CN(CCO)C1CC1)NCC(=O)Nc1ccccc1Br. The number of hydrogen-bond donors (Lipinski definition) is 3. The van der Waals surface area contributed by atoms with Crippen molar-refractivity contribution in [2.24, 2.45) is 0 Å². The van der Waals surface area contributed by atoms with Crippen LogP contribution in [0.4, 0.5) is 5.69 Å². The molecule has 0 saturated heterocycles. The van der Waals surface area contributed by atoms with Crippen LogP contribution in [0, 0.1) is 0 Å². The van der Waals surface area contributed by atoms with Gasteiger partial charge in [0.05, 0.1) is 25.4 Å². The van der Waals surface area contributed by atoms with E-state index in [0.717, 1.165) is 17.3 Å². The van der Waals surface area contributed by atoms with E-state index in [0.29, 0.717) is 18.3 Å². The number of amides is 2. The van der Waals surface area contributed by atoms with Gasteiger partial charge in [-0.2, -0.15) is 0 Å². The van der Waals surface area contributed by atoms with Crippen molar-refractivity contribution < 1.29 is 14.7 Å². The van der Waals surface area contributed by atoms with Crippen molar-refractivity contribution in [2.45, 2.75) is 18.9 Å². The van der Waals surface area contributed by atoms with Gasteiger partial charge in [-0.3, -0.25) is 14.5 Å². The van der Waals surface area contributed by atoms with Crippen molar-refractivity contribution in [2.75, 3.05) is 31.6 Å². The van der Waals surface area contributed by atoms with Gasteiger partial charge in [0.1, 0.15) is 0 Å². The fourth-order valence-electron chi connectivity index (χ4n) is 2.14. The van der Waals surface area contributed by atoms with Gasteiger partial charge in [0, 0.05) is 17.1 Å². The zero-order chi connectivity index (χ0) is 15.9. The first-order valence-electron chi connectivity index (χ1n) is 7.26. The lowest BCUT2D eigenvalue weighted by Crippen LogP contribution is -2.42. The molecule has 2 amide bonds. The number of para-hydroxylation sites is 1. The Kier molecular flexibility index (Phi) is 6.35. The van der Waals surface area contributed by atoms with Gasteiger partial charge in [0.15, 0.2) is 0 Å². The average molecular weight is 370 g/mol. The van der Waals surface area contributed by atoms with E-state index < -0.39 is 0 Å². The van der Waals surface area contributed by atoms with Crippen molar-refractivity contribution in [3.05, 3.63) is 28.7 Å². The largest absolute Gasteiger partial charge is 0.395 e. The lowest BCUT2D eigenvalue weighted by molar-refractivity contribution is -0.125. The molecule has 0 unspecified atom stereocenters. The summed E-state index contributed by atoms with van der Waals surface area (Å²) in [5, 5.41) is 14.3. The third-order valence-corrected chi connectivity index (χ3v) is 4.08. The van der Waals surface area contributed by atoms with Crippen LogP contribution in [0.1, 0.15) is 12.8 Å². The van der Waals surface area contributed by atoms with Crippen LogP contribution in [0.3, 0.4) is 0 Å². The number of hydrogen-bond acceptors (Lipinski definition) is 4. The van der Waals surface area contributed by atoms with Gasteiger partial charge in [-0.05, 0) is 40.9 Å². The molecular weight excluding hydrogens is 350 g/mol. The van der Waals surface area contributed by atoms with E-state index >= 15 is 0 Å². The molecule has 1 fully saturated rings. The van der Waals surface area contributed by atoms with Gasteiger partial charge in [0.2, 0.25) is 11.8 Å². The van der Waals surface area contributed by atoms with Crippen molar-refractivity contribution in [1.29, 1.82) is 0 Å². The number of anilines is 1. The van der Waals surface area contributed by atoms with Crippen molar-refractivity contribution in [1.82, 2.24) is 10.2 Å². The predicted molar refractivity (Wildman–Crippen MR) is 87.5 cm³/mol. The topological polar surface area (TPSA) is 81.7 Å². The van der Waals surface area contributed by atoms with Crippen molar-refractivity contribution in [3.63, 3.8) is 0 Å². The van der Waals surface area contributed by atoms with Crippen LogP contribution < -0.4 is 10.6 Å². The highest BCUT2D eigenvalue weighted by Crippen LogP contribution is 2.26. The second kappa shape index (κ2) is 8.26. The molecule has 0 aromatic heterocycles. The Bertz CT molecular complexity index is 535. The number of rotatable bonds is 8. The molecule has 1 aliphatic rings. The van der Waals surface area contributed by atoms with Gasteiger partial charge in [0.25, 0.3) is 0 Å². The Morgan fingerprint density at radius 2 is 2.00 bits per heavy atom. The minimum absolute atomic E-state index is 0.0340. The summed E-state index contributed by atoms with van der Waals surface area (Å²) in [6, 6.07) is 7.68. The zero-order valence-corrected chi connectivity index (χ0v) is 13.8. The highest BCUT2D eigenvalue weighted by atomic mass is 79.9. The molecule has 0 bridgehead atoms. The summed E-state index contributed by atoms with van der Waals surface area (Å²) in [6.07, 6.45) is 2.13. The van der Waals surface area contributed by atoms with Crippen LogP contribution in [0.5, 0.6) is 0 Å². The maximum absolute atomic E-state index is 11.9. The molecule has 1 saturated carbocycles. The van der Waals surface area contributed by atoms with E-state index in [9.17, 15) is 9.59 Å². The highest BCUT2D eigenvalue weighted by molar-refractivity contribution is 9.10. The molecule has 120 valence electrons. The third-order valence-electron chi connectivity index (χ3n) is 3.39. The normalized spacial score (nSPS) is 14.0. The second-order valence-corrected chi connectivity index (χ2v) is 6.08. The summed E-state index contributed by atoms with van der Waals surface area (Å²) in [4.78, 5) is 25.6. The second-order valence-electron chi connectivity index (χ2n) is 5.23. The Labute approximate surface area is 138 Å². The minimum Gasteiger partial charge on any atom is -0.395 e. The van der Waals surface area contributed by atoms with Gasteiger partial charge in [-0.1, -0.05) is 12.1 Å². The summed E-state index contributed by atoms with van der Waals surface area (Å²) in [5.74, 6) is -0.483. The highest BCUT2D eigenvalue weighted by Gasteiger charge is 2.29. The number of carbonyl (C=O) groups is 2. The van der Waals surface area contributed by atoms with Gasteiger partial charge in [-0.15, -0.1) is 0 Å². The van der Waals surface area contributed by atoms with E-state index in [2.05, 4.69) is 26.6 Å². The molecule has 1 aromatic rings. The summed E-state index contributed by atoms with van der Waals surface area (Å²) in [5.41, 5.74) is 0.668. The lowest BCUT2D eigenvalue weighted by Gasteiger charge is -2.19. The van der Waals surface area contributed by atoms with Crippen molar-refractivity contribution >= 4 is 33.4 Å². The molecule has 7 heteroatoms. The Hall–Kier alpha value is -1.44. The maximum atomic E-state index is 11.9. The van der Waals surface area contributed by atoms with Crippen molar-refractivity contribution in [3.8, 4) is 0 Å². The number of nitrogens with one attached hydrogen (secondary N) is 2. The molecule has 0 spiro atoms. The summed E-state index contributed by atoms with van der Waals surface area (Å²) >= 11 is 3.35. The van der Waals surface area contributed by atoms with Crippen LogP contribution in [0.25, 0.3) is 0 Å². The first kappa shape index (κ1) is 16.9. The monoisotopic (exact) mass is 369 g/mol. The van der Waals surface area contributed by atoms with Crippen LogP contribution in [-0.2, 0) is 9.59 Å². The first-order chi connectivity index (χ1) is 10.6. The number of halogens is 1. The number of nitrogens with zero attached hydrogens (tertiary/aromatic N) is 1. The van der Waals surface area contributed by atoms with Gasteiger partial charge < -0.3 is 15.7 Å². The van der Waals surface area contributed by atoms with E-state index in [1.807, 2.05) is 23.1 Å². The van der Waals surface area contributed by atoms with E-state index in [1.165, 1.54) is 0 Å². The molecule has 0 radical (unpaired) electrons. The molecule has 0 aliphatic heterocycles. The fourth-order valence-corrected chi connectivity index (χ4v) is 2.52. The molecule has 1 aromatic carbocycles. The minimum atomic E-state index is -0.277. The third kappa shape index (κ3) is 5.40. The molecule has 22 heavy (non-hydrogen) atoms. The Morgan fingerprint density at radius 3 is 2.64 bits per heavy atom. The number of benzene rings is 1. The van der Waals surface area contributed by atoms with Gasteiger partial charge >= 0.3 is 0 Å². The zero-order valence-electron chi connectivity index (χ0n) is 12.2. The summed E-state index contributed by atoms with van der Waals surface area (Å²) in [7, 11) is 0. The molecule has 0 atom stereocenters. The number of aliphatic hydroxyl groups is 1. The van der Waals surface area contributed by atoms with Gasteiger partial charge in [-0.25, -0.2) is 0 Å². The maximum Gasteiger partial charge on any atom is 0.243 e. The Balaban J connectivity index is 1.73. The summed E-state index contributed by atoms with van der Waals surface area (Å²) in [6.45, 7) is 0.666. The molecule has 2 rings (SSSR count). The Morgan fingerprint density at radius 1 is 1.27 bits per heavy atom. The van der Waals surface area contributed by atoms with Crippen LogP contribution in [-0.4, -0.2) is 54.1 Å². The number of aliphatic hydroxyl groups excluding tert-OH is 1. The predicted octanol–water partition coefficient (Wildman–Crippen LogP) is 0.961. The standard InChI is InChI=1S/C15H20BrN3O3/c16-12-3-1-2-4-13(12)18-14(21)9-17-15(22)10-19(7-8-20)11-5-6-11/h1-4,11,20H,5-10H2,(H,17,22)(H,18,21). The molecular formula is C15H20BrN3O3. The first-order valence-corrected chi connectivity index (χ1v) is 8.05. The smallest absolute Gasteiger partial charge is 0.243 e. The molecule has 0 heterocycles. The number of carbonyl (C=O) groups excluding carboxylic acids is 2. The molecule has 3 N–H and O–H groups in total. The molecule has 1 aliphatic carbocycles. The van der Waals surface area contributed by atoms with E-state index in [1.54, 1.807) is 6.07 Å². The average Bonchev–Trinajstić information content (AvgIpc) is 3.32. The molecule has 6 nitrogen and oxygen atoms in total. The quantitative estimate of drug-likeness (QED) is 0.637. The van der Waals surface area contributed by atoms with Crippen LogP contribution in [0.2, 0.25) is 0 Å². The van der Waals surface area contributed by atoms with Crippen LogP contribution in [0.15, 0.2) is 28.7 Å². The van der Waals surface area contributed by atoms with E-state index in [4.69, 9.17) is 5.11 Å². The van der Waals surface area contributed by atoms with Crippen LogP contribution >= 0.6 is 15.9 Å². The van der Waals surface area contributed by atoms with E-state index in [-0.39, 0.29) is 31.5 Å². The summed E-state index contributed by atoms with van der Waals surface area (Å²) < 4.78 is 0.789. The fraction of sp³-hybridized carbons (Fsp3) is 0.467. The lowest BCUT2D eigenvalue weighted by atomic mass is 10.3.